The molecule has 1 aliphatic carbocycles. The number of benzene rings is 2. The molecule has 0 saturated heterocycles. The Morgan fingerprint density at radius 3 is 2.28 bits per heavy atom. The minimum Gasteiger partial charge on any atom is -0.395 e. The maximum Gasteiger partial charge on any atom is 0.280 e. The zero-order chi connectivity index (χ0) is 25.7. The number of amides is 1. The first-order chi connectivity index (χ1) is 17.3. The van der Waals surface area contributed by atoms with Crippen LogP contribution in [0.15, 0.2) is 88.6 Å². The van der Waals surface area contributed by atoms with Gasteiger partial charge in [0.2, 0.25) is 0 Å². The van der Waals surface area contributed by atoms with Gasteiger partial charge in [-0.1, -0.05) is 62.4 Å². The van der Waals surface area contributed by atoms with Crippen LogP contribution in [-0.4, -0.2) is 48.1 Å². The minimum atomic E-state index is -0.0723. The number of carbonyl (C=O) groups excluding carboxylic acids is 1. The molecule has 6 nitrogen and oxygen atoms in total. The molecule has 4 rings (SSSR count). The molecule has 0 saturated carbocycles. The standard InChI is InChI=1S/C30H35N3O3/c1-22-28(29(36)33(31-22)27-7-5-4-6-8-27)25-19-24(20-30(2,3)21-25)10-9-23-11-13-26(14-12-23)32(15-17-34)16-18-35/h4-14,19,34-35H,15-18,20-21H2,1-3H3/b10-9+,28-25-. The fourth-order valence-electron chi connectivity index (χ4n) is 4.96. The average Bonchev–Trinajstić information content (AvgIpc) is 3.16. The second-order valence-corrected chi connectivity index (χ2v) is 10.1. The Kier molecular flexibility index (Phi) is 7.87. The van der Waals surface area contributed by atoms with Crippen LogP contribution in [0.5, 0.6) is 0 Å². The van der Waals surface area contributed by atoms with Crippen molar-refractivity contribution in [3.8, 4) is 0 Å². The lowest BCUT2D eigenvalue weighted by molar-refractivity contribution is -0.114. The molecule has 1 heterocycles. The van der Waals surface area contributed by atoms with Crippen molar-refractivity contribution in [3.05, 3.63) is 89.0 Å². The molecule has 0 spiro atoms. The Hall–Kier alpha value is -3.48. The van der Waals surface area contributed by atoms with Crippen molar-refractivity contribution in [2.75, 3.05) is 36.2 Å². The highest BCUT2D eigenvalue weighted by Crippen LogP contribution is 2.41. The fourth-order valence-corrected chi connectivity index (χ4v) is 4.96. The van der Waals surface area contributed by atoms with Gasteiger partial charge in [-0.3, -0.25) is 4.79 Å². The number of hydrogen-bond acceptors (Lipinski definition) is 5. The topological polar surface area (TPSA) is 76.4 Å². The highest BCUT2D eigenvalue weighted by Gasteiger charge is 2.34. The summed E-state index contributed by atoms with van der Waals surface area (Å²) in [4.78, 5) is 15.3. The van der Waals surface area contributed by atoms with Crippen LogP contribution in [0.4, 0.5) is 11.4 Å². The second-order valence-electron chi connectivity index (χ2n) is 10.1. The quantitative estimate of drug-likeness (QED) is 0.519. The van der Waals surface area contributed by atoms with Crippen molar-refractivity contribution in [2.45, 2.75) is 33.6 Å². The minimum absolute atomic E-state index is 0.0242. The number of hydrogen-bond donors (Lipinski definition) is 2. The largest absolute Gasteiger partial charge is 0.395 e. The van der Waals surface area contributed by atoms with E-state index in [-0.39, 0.29) is 24.5 Å². The fraction of sp³-hybridized carbons (Fsp3) is 0.333. The van der Waals surface area contributed by atoms with Crippen LogP contribution >= 0.6 is 0 Å². The van der Waals surface area contributed by atoms with Crippen LogP contribution in [0.2, 0.25) is 0 Å². The van der Waals surface area contributed by atoms with Gasteiger partial charge in [-0.2, -0.15) is 10.1 Å². The van der Waals surface area contributed by atoms with Gasteiger partial charge in [-0.15, -0.1) is 0 Å². The molecule has 188 valence electrons. The van der Waals surface area contributed by atoms with Crippen LogP contribution in [0.3, 0.4) is 0 Å². The summed E-state index contributed by atoms with van der Waals surface area (Å²) < 4.78 is 0. The Labute approximate surface area is 213 Å². The number of rotatable bonds is 8. The second kappa shape index (κ2) is 11.1. The molecule has 2 aliphatic rings. The SMILES string of the molecule is CC1=NN(c2ccccc2)C(=O)/C1=C1C=C(/C=C/c2ccc(N(CCO)CCO)cc2)CC(C)(C)C/1. The predicted octanol–water partition coefficient (Wildman–Crippen LogP) is 4.96. The summed E-state index contributed by atoms with van der Waals surface area (Å²) >= 11 is 0. The molecular formula is C30H35N3O3. The number of para-hydroxylation sites is 1. The van der Waals surface area contributed by atoms with E-state index < -0.39 is 0 Å². The maximum absolute atomic E-state index is 13.4. The molecule has 0 radical (unpaired) electrons. The van der Waals surface area contributed by atoms with Gasteiger partial charge in [0.1, 0.15) is 0 Å². The van der Waals surface area contributed by atoms with Crippen LogP contribution in [0.25, 0.3) is 6.08 Å². The molecule has 6 heteroatoms. The molecule has 2 aromatic rings. The zero-order valence-electron chi connectivity index (χ0n) is 21.3. The van der Waals surface area contributed by atoms with E-state index in [9.17, 15) is 15.0 Å². The predicted molar refractivity (Wildman–Crippen MR) is 147 cm³/mol. The lowest BCUT2D eigenvalue weighted by Gasteiger charge is -2.31. The number of hydrazone groups is 1. The van der Waals surface area contributed by atoms with Gasteiger partial charge >= 0.3 is 0 Å². The van der Waals surface area contributed by atoms with E-state index in [0.717, 1.165) is 41.1 Å². The lowest BCUT2D eigenvalue weighted by Crippen LogP contribution is -2.29. The van der Waals surface area contributed by atoms with E-state index in [0.29, 0.717) is 18.7 Å². The van der Waals surface area contributed by atoms with E-state index in [1.165, 1.54) is 10.6 Å². The normalized spacial score (nSPS) is 19.6. The maximum atomic E-state index is 13.4. The summed E-state index contributed by atoms with van der Waals surface area (Å²) in [5.41, 5.74) is 6.51. The number of anilines is 2. The summed E-state index contributed by atoms with van der Waals surface area (Å²) in [5.74, 6) is -0.0723. The van der Waals surface area contributed by atoms with E-state index in [4.69, 9.17) is 0 Å². The molecule has 0 unspecified atom stereocenters. The molecule has 0 aromatic heterocycles. The third kappa shape index (κ3) is 5.83. The van der Waals surface area contributed by atoms with Gasteiger partial charge in [0.25, 0.3) is 5.91 Å². The third-order valence-corrected chi connectivity index (χ3v) is 6.54. The highest BCUT2D eigenvalue weighted by atomic mass is 16.3. The number of carbonyl (C=O) groups is 1. The van der Waals surface area contributed by atoms with Crippen molar-refractivity contribution < 1.29 is 15.0 Å². The number of aliphatic hydroxyl groups excluding tert-OH is 2. The van der Waals surface area contributed by atoms with E-state index in [1.807, 2.05) is 66.4 Å². The number of allylic oxidation sites excluding steroid dienone is 4. The zero-order valence-corrected chi connectivity index (χ0v) is 21.3. The van der Waals surface area contributed by atoms with Crippen LogP contribution in [0.1, 0.15) is 39.2 Å². The number of aliphatic hydroxyl groups is 2. The Morgan fingerprint density at radius 1 is 0.972 bits per heavy atom. The van der Waals surface area contributed by atoms with Crippen LogP contribution < -0.4 is 9.91 Å². The number of nitrogens with zero attached hydrogens (tertiary/aromatic N) is 3. The van der Waals surface area contributed by atoms with Gasteiger partial charge < -0.3 is 15.1 Å². The molecule has 0 atom stereocenters. The summed E-state index contributed by atoms with van der Waals surface area (Å²) in [6.45, 7) is 7.43. The molecule has 1 amide bonds. The van der Waals surface area contributed by atoms with Gasteiger partial charge in [-0.25, -0.2) is 0 Å². The lowest BCUT2D eigenvalue weighted by atomic mass is 9.73. The van der Waals surface area contributed by atoms with Crippen molar-refractivity contribution in [3.63, 3.8) is 0 Å². The average molecular weight is 486 g/mol. The monoisotopic (exact) mass is 485 g/mol. The molecule has 0 bridgehead atoms. The third-order valence-electron chi connectivity index (χ3n) is 6.54. The van der Waals surface area contributed by atoms with Crippen molar-refractivity contribution >= 4 is 29.1 Å². The first-order valence-electron chi connectivity index (χ1n) is 12.4. The molecular weight excluding hydrogens is 450 g/mol. The first kappa shape index (κ1) is 25.6. The van der Waals surface area contributed by atoms with Gasteiger partial charge in [0.15, 0.2) is 0 Å². The Bertz CT molecular complexity index is 1200. The van der Waals surface area contributed by atoms with E-state index in [1.54, 1.807) is 0 Å². The van der Waals surface area contributed by atoms with E-state index in [2.05, 4.69) is 37.2 Å². The van der Waals surface area contributed by atoms with Gasteiger partial charge in [0.05, 0.1) is 30.2 Å². The summed E-state index contributed by atoms with van der Waals surface area (Å²) in [6.07, 6.45) is 8.13. The smallest absolute Gasteiger partial charge is 0.280 e. The molecule has 0 fully saturated rings. The molecule has 2 N–H and O–H groups in total. The van der Waals surface area contributed by atoms with Crippen molar-refractivity contribution in [1.29, 1.82) is 0 Å². The molecule has 1 aliphatic heterocycles. The summed E-state index contributed by atoms with van der Waals surface area (Å²) in [6, 6.07) is 17.6. The highest BCUT2D eigenvalue weighted by molar-refractivity contribution is 6.30. The van der Waals surface area contributed by atoms with Crippen LogP contribution in [0, 0.1) is 5.41 Å². The molecule has 2 aromatic carbocycles. The van der Waals surface area contributed by atoms with E-state index >= 15 is 0 Å². The Balaban J connectivity index is 1.58. The first-order valence-corrected chi connectivity index (χ1v) is 12.4. The van der Waals surface area contributed by atoms with Crippen molar-refractivity contribution in [2.24, 2.45) is 10.5 Å². The van der Waals surface area contributed by atoms with Gasteiger partial charge in [0, 0.05) is 18.8 Å². The summed E-state index contributed by atoms with van der Waals surface area (Å²) in [5, 5.41) is 24.6. The molecule has 36 heavy (non-hydrogen) atoms. The van der Waals surface area contributed by atoms with Crippen LogP contribution in [-0.2, 0) is 4.79 Å². The summed E-state index contributed by atoms with van der Waals surface area (Å²) in [7, 11) is 0. The Morgan fingerprint density at radius 2 is 1.64 bits per heavy atom. The van der Waals surface area contributed by atoms with Gasteiger partial charge in [-0.05, 0) is 66.2 Å². The van der Waals surface area contributed by atoms with Crippen molar-refractivity contribution in [1.82, 2.24) is 0 Å².